The van der Waals surface area contributed by atoms with Gasteiger partial charge >= 0.3 is 0 Å². The molecule has 1 unspecified atom stereocenters. The molecule has 1 atom stereocenters. The summed E-state index contributed by atoms with van der Waals surface area (Å²) in [5.41, 5.74) is 8.05. The summed E-state index contributed by atoms with van der Waals surface area (Å²) in [7, 11) is 0. The number of rotatable bonds is 3. The van der Waals surface area contributed by atoms with Gasteiger partial charge in [-0.2, -0.15) is 0 Å². The van der Waals surface area contributed by atoms with Gasteiger partial charge in [-0.1, -0.05) is 48.9 Å². The Morgan fingerprint density at radius 2 is 1.92 bits per heavy atom. The Labute approximate surface area is 80.3 Å². The molecule has 0 aliphatic heterocycles. The molecule has 1 rings (SSSR count). The van der Waals surface area contributed by atoms with Gasteiger partial charge in [-0.25, -0.2) is 0 Å². The van der Waals surface area contributed by atoms with E-state index in [0.717, 1.165) is 0 Å². The standard InChI is InChI=1S/C12H17N/c1-10-3-6-12(7-4-10)8-5-11(2)9-13/h3-8,11H,9,13H2,1-2H3/b8-5+. The summed E-state index contributed by atoms with van der Waals surface area (Å²) in [4.78, 5) is 0. The molecule has 1 heteroatoms. The number of aryl methyl sites for hydroxylation is 1. The highest BCUT2D eigenvalue weighted by atomic mass is 14.5. The van der Waals surface area contributed by atoms with Gasteiger partial charge in [0.15, 0.2) is 0 Å². The van der Waals surface area contributed by atoms with Crippen molar-refractivity contribution in [2.75, 3.05) is 6.54 Å². The van der Waals surface area contributed by atoms with Crippen LogP contribution in [0.1, 0.15) is 18.1 Å². The largest absolute Gasteiger partial charge is 0.330 e. The second kappa shape index (κ2) is 4.83. The zero-order valence-electron chi connectivity index (χ0n) is 8.33. The number of benzene rings is 1. The smallest absolute Gasteiger partial charge is 0.00167 e. The minimum Gasteiger partial charge on any atom is -0.330 e. The van der Waals surface area contributed by atoms with Crippen molar-refractivity contribution < 1.29 is 0 Å². The van der Waals surface area contributed by atoms with Crippen molar-refractivity contribution in [3.63, 3.8) is 0 Å². The van der Waals surface area contributed by atoms with Crippen LogP contribution in [0, 0.1) is 12.8 Å². The van der Waals surface area contributed by atoms with Crippen LogP contribution >= 0.6 is 0 Å². The van der Waals surface area contributed by atoms with Gasteiger partial charge in [-0.15, -0.1) is 0 Å². The molecule has 1 aromatic carbocycles. The highest BCUT2D eigenvalue weighted by Crippen LogP contribution is 2.06. The third-order valence-corrected chi connectivity index (χ3v) is 2.07. The Hall–Kier alpha value is -1.08. The van der Waals surface area contributed by atoms with Crippen molar-refractivity contribution >= 4 is 6.08 Å². The molecule has 1 nitrogen and oxygen atoms in total. The summed E-state index contributed by atoms with van der Waals surface area (Å²) in [6, 6.07) is 8.48. The van der Waals surface area contributed by atoms with Crippen molar-refractivity contribution in [2.24, 2.45) is 11.7 Å². The zero-order valence-corrected chi connectivity index (χ0v) is 8.33. The topological polar surface area (TPSA) is 26.0 Å². The van der Waals surface area contributed by atoms with Crippen molar-refractivity contribution in [2.45, 2.75) is 13.8 Å². The average molecular weight is 175 g/mol. The quantitative estimate of drug-likeness (QED) is 0.750. The van der Waals surface area contributed by atoms with E-state index in [-0.39, 0.29) is 0 Å². The van der Waals surface area contributed by atoms with E-state index in [9.17, 15) is 0 Å². The van der Waals surface area contributed by atoms with Crippen molar-refractivity contribution in [3.05, 3.63) is 41.5 Å². The van der Waals surface area contributed by atoms with E-state index >= 15 is 0 Å². The van der Waals surface area contributed by atoms with E-state index in [1.807, 2.05) is 0 Å². The summed E-state index contributed by atoms with van der Waals surface area (Å²) in [5, 5.41) is 0. The first-order chi connectivity index (χ1) is 6.22. The Balaban J connectivity index is 2.64. The lowest BCUT2D eigenvalue weighted by atomic mass is 10.1. The van der Waals surface area contributed by atoms with E-state index in [1.165, 1.54) is 11.1 Å². The molecule has 0 bridgehead atoms. The Bertz CT molecular complexity index is 272. The monoisotopic (exact) mass is 175 g/mol. The van der Waals surface area contributed by atoms with Crippen LogP contribution in [0.5, 0.6) is 0 Å². The van der Waals surface area contributed by atoms with E-state index in [4.69, 9.17) is 5.73 Å². The maximum atomic E-state index is 5.51. The first-order valence-electron chi connectivity index (χ1n) is 4.67. The molecule has 0 amide bonds. The van der Waals surface area contributed by atoms with Crippen LogP contribution in [0.3, 0.4) is 0 Å². The molecular weight excluding hydrogens is 158 g/mol. The summed E-state index contributed by atoms with van der Waals surface area (Å²) in [6.07, 6.45) is 4.27. The normalized spacial score (nSPS) is 13.5. The van der Waals surface area contributed by atoms with E-state index in [2.05, 4.69) is 50.3 Å². The van der Waals surface area contributed by atoms with Crippen LogP contribution in [0.4, 0.5) is 0 Å². The molecule has 0 heterocycles. The lowest BCUT2D eigenvalue weighted by Gasteiger charge is -1.99. The zero-order chi connectivity index (χ0) is 9.68. The van der Waals surface area contributed by atoms with Gasteiger partial charge < -0.3 is 5.73 Å². The third-order valence-electron chi connectivity index (χ3n) is 2.07. The maximum absolute atomic E-state index is 5.51. The fourth-order valence-electron chi connectivity index (χ4n) is 1.03. The van der Waals surface area contributed by atoms with Gasteiger partial charge in [0, 0.05) is 0 Å². The lowest BCUT2D eigenvalue weighted by Crippen LogP contribution is -2.07. The summed E-state index contributed by atoms with van der Waals surface area (Å²) in [5.74, 6) is 0.460. The molecule has 0 saturated heterocycles. The molecular formula is C12H17N. The van der Waals surface area contributed by atoms with E-state index in [0.29, 0.717) is 12.5 Å². The minimum atomic E-state index is 0.460. The van der Waals surface area contributed by atoms with Gasteiger partial charge in [-0.3, -0.25) is 0 Å². The molecule has 0 radical (unpaired) electrons. The molecule has 0 aliphatic rings. The number of hydrogen-bond acceptors (Lipinski definition) is 1. The minimum absolute atomic E-state index is 0.460. The predicted octanol–water partition coefficient (Wildman–Crippen LogP) is 2.60. The van der Waals surface area contributed by atoms with Crippen molar-refractivity contribution in [1.82, 2.24) is 0 Å². The first-order valence-corrected chi connectivity index (χ1v) is 4.67. The van der Waals surface area contributed by atoms with Crippen LogP contribution in [0.15, 0.2) is 30.3 Å². The fourth-order valence-corrected chi connectivity index (χ4v) is 1.03. The Morgan fingerprint density at radius 1 is 1.31 bits per heavy atom. The second-order valence-electron chi connectivity index (χ2n) is 3.48. The highest BCUT2D eigenvalue weighted by molar-refractivity contribution is 5.49. The van der Waals surface area contributed by atoms with Crippen LogP contribution in [-0.2, 0) is 0 Å². The van der Waals surface area contributed by atoms with Crippen LogP contribution in [-0.4, -0.2) is 6.54 Å². The SMILES string of the molecule is Cc1ccc(/C=C/C(C)CN)cc1. The maximum Gasteiger partial charge on any atom is -0.00167 e. The molecule has 0 fully saturated rings. The lowest BCUT2D eigenvalue weighted by molar-refractivity contribution is 0.743. The van der Waals surface area contributed by atoms with Crippen LogP contribution in [0.2, 0.25) is 0 Å². The summed E-state index contributed by atoms with van der Waals surface area (Å²) >= 11 is 0. The van der Waals surface area contributed by atoms with Crippen molar-refractivity contribution in [3.8, 4) is 0 Å². The van der Waals surface area contributed by atoms with Gasteiger partial charge in [0.2, 0.25) is 0 Å². The van der Waals surface area contributed by atoms with Gasteiger partial charge in [0.05, 0.1) is 0 Å². The molecule has 2 N–H and O–H groups in total. The average Bonchev–Trinajstić information content (AvgIpc) is 2.16. The van der Waals surface area contributed by atoms with Crippen LogP contribution in [0.25, 0.3) is 6.08 Å². The summed E-state index contributed by atoms with van der Waals surface area (Å²) in [6.45, 7) is 4.92. The molecule has 70 valence electrons. The molecule has 1 aromatic rings. The van der Waals surface area contributed by atoms with Gasteiger partial charge in [0.25, 0.3) is 0 Å². The van der Waals surface area contributed by atoms with Gasteiger partial charge in [0.1, 0.15) is 0 Å². The van der Waals surface area contributed by atoms with Crippen LogP contribution < -0.4 is 5.73 Å². The Kier molecular flexibility index (Phi) is 3.71. The first kappa shape index (κ1) is 10.0. The molecule has 0 spiro atoms. The highest BCUT2D eigenvalue weighted by Gasteiger charge is 1.91. The third kappa shape index (κ3) is 3.43. The molecule has 13 heavy (non-hydrogen) atoms. The second-order valence-corrected chi connectivity index (χ2v) is 3.48. The molecule has 0 aliphatic carbocycles. The number of nitrogens with two attached hydrogens (primary N) is 1. The molecule has 0 saturated carbocycles. The predicted molar refractivity (Wildman–Crippen MR) is 58.4 cm³/mol. The molecule has 0 aromatic heterocycles. The summed E-state index contributed by atoms with van der Waals surface area (Å²) < 4.78 is 0. The van der Waals surface area contributed by atoms with E-state index < -0.39 is 0 Å². The number of hydrogen-bond donors (Lipinski definition) is 1. The van der Waals surface area contributed by atoms with Crippen molar-refractivity contribution in [1.29, 1.82) is 0 Å². The fraction of sp³-hybridized carbons (Fsp3) is 0.333. The van der Waals surface area contributed by atoms with E-state index in [1.54, 1.807) is 0 Å². The Morgan fingerprint density at radius 3 is 2.46 bits per heavy atom. The van der Waals surface area contributed by atoms with Gasteiger partial charge in [-0.05, 0) is 24.9 Å².